The van der Waals surface area contributed by atoms with Crippen molar-refractivity contribution in [3.63, 3.8) is 0 Å². The van der Waals surface area contributed by atoms with E-state index in [0.29, 0.717) is 0 Å². The fourth-order valence-corrected chi connectivity index (χ4v) is 0.887. The van der Waals surface area contributed by atoms with Gasteiger partial charge in [-0.1, -0.05) is 3.89 Å². The molecule has 0 atom stereocenters. The van der Waals surface area contributed by atoms with Crippen LogP contribution in [0.3, 0.4) is 0 Å². The number of rotatable bonds is 4. The smallest absolute Gasteiger partial charge is 0.444 e. The normalized spacial score (nSPS) is 13.5. The van der Waals surface area contributed by atoms with Crippen molar-refractivity contribution in [1.29, 1.82) is 0 Å². The number of alkyl halides is 4. The summed E-state index contributed by atoms with van der Waals surface area (Å²) in [5.74, 6) is -9.81. The molecule has 0 bridgehead atoms. The third-order valence-corrected chi connectivity index (χ3v) is 2.08. The molecule has 0 aliphatic carbocycles. The lowest BCUT2D eigenvalue weighted by molar-refractivity contribution is -0.677. The third-order valence-electron chi connectivity index (χ3n) is 1.21. The van der Waals surface area contributed by atoms with Crippen molar-refractivity contribution in [3.8, 4) is 0 Å². The van der Waals surface area contributed by atoms with Crippen LogP contribution >= 0.6 is 0 Å². The van der Waals surface area contributed by atoms with Gasteiger partial charge in [0.05, 0.1) is 0 Å². The second-order valence-electron chi connectivity index (χ2n) is 2.20. The maximum Gasteiger partial charge on any atom is 0.444 e. The summed E-state index contributed by atoms with van der Waals surface area (Å²) < 4.78 is 103. The van der Waals surface area contributed by atoms with Crippen LogP contribution in [-0.4, -0.2) is 19.6 Å². The first kappa shape index (κ1) is 15.0. The molecule has 0 saturated carbocycles. The minimum absolute atomic E-state index is 1.98. The highest BCUT2D eigenvalue weighted by molar-refractivity contribution is 7.87. The molecule has 4 nitrogen and oxygen atoms in total. The van der Waals surface area contributed by atoms with Crippen LogP contribution in [0.5, 0.6) is 0 Å². The van der Waals surface area contributed by atoms with E-state index in [1.54, 1.807) is 0 Å². The number of halogens is 7. The summed E-state index contributed by atoms with van der Waals surface area (Å²) in [4.78, 5) is 1.98. The van der Waals surface area contributed by atoms with Crippen molar-refractivity contribution in [2.45, 2.75) is 11.2 Å². The van der Waals surface area contributed by atoms with E-state index in [2.05, 4.69) is 0 Å². The summed E-state index contributed by atoms with van der Waals surface area (Å²) in [5, 5.41) is 2.77. The van der Waals surface area contributed by atoms with Gasteiger partial charge in [-0.3, -0.25) is 0 Å². The Morgan fingerprint density at radius 3 is 1.69 bits per heavy atom. The lowest BCUT2D eigenvalue weighted by atomic mass is 10.3. The van der Waals surface area contributed by atoms with Gasteiger partial charge in [0.2, 0.25) is 5.76 Å². The van der Waals surface area contributed by atoms with Crippen molar-refractivity contribution >= 4 is 10.2 Å². The second-order valence-corrected chi connectivity index (χ2v) is 3.59. The van der Waals surface area contributed by atoms with Crippen molar-refractivity contribution < 1.29 is 48.8 Å². The van der Waals surface area contributed by atoms with Gasteiger partial charge in [-0.25, -0.2) is 0 Å². The summed E-state index contributed by atoms with van der Waals surface area (Å²) >= 11 is 0. The zero-order valence-electron chi connectivity index (χ0n) is 6.69. The van der Waals surface area contributed by atoms with Crippen LogP contribution in [0.25, 0.3) is 0 Å². The van der Waals surface area contributed by atoms with Crippen molar-refractivity contribution in [2.24, 2.45) is 0 Å². The van der Waals surface area contributed by atoms with Gasteiger partial charge in [-0.2, -0.15) is 34.8 Å². The first-order valence-electron chi connectivity index (χ1n) is 2.95. The molecular formula is C4F7O4S-. The van der Waals surface area contributed by atoms with Gasteiger partial charge in [0.1, 0.15) is 0 Å². The van der Waals surface area contributed by atoms with Gasteiger partial charge < -0.3 is 10.1 Å². The van der Waals surface area contributed by atoms with Crippen LogP contribution in [0.1, 0.15) is 0 Å². The molecule has 0 aromatic heterocycles. The molecule has 0 amide bonds. The zero-order valence-corrected chi connectivity index (χ0v) is 7.50. The van der Waals surface area contributed by atoms with E-state index in [1.807, 2.05) is 4.89 Å². The van der Waals surface area contributed by atoms with Crippen LogP contribution < -0.4 is 5.26 Å². The lowest BCUT2D eigenvalue weighted by Gasteiger charge is -2.25. The van der Waals surface area contributed by atoms with E-state index in [0.717, 1.165) is 0 Å². The van der Waals surface area contributed by atoms with E-state index >= 15 is 0 Å². The maximum atomic E-state index is 12.4. The highest BCUT2D eigenvalue weighted by Gasteiger charge is 2.70. The molecule has 0 rings (SSSR count). The van der Waals surface area contributed by atoms with Gasteiger partial charge in [-0.15, -0.1) is 0 Å². The van der Waals surface area contributed by atoms with Crippen LogP contribution in [0, 0.1) is 0 Å². The van der Waals surface area contributed by atoms with Crippen LogP contribution in [-0.2, 0) is 15.1 Å². The SMILES string of the molecule is O=S(=O)(F)C(F)(F)C(F)(F)C(O[O-])=C(F)F. The molecular weight excluding hydrogens is 277 g/mol. The average Bonchev–Trinajstić information content (AvgIpc) is 2.01. The van der Waals surface area contributed by atoms with E-state index in [1.165, 1.54) is 0 Å². The highest BCUT2D eigenvalue weighted by atomic mass is 32.3. The van der Waals surface area contributed by atoms with Crippen LogP contribution in [0.15, 0.2) is 11.8 Å². The first-order chi connectivity index (χ1) is 6.89. The Balaban J connectivity index is 5.81. The number of hydrogen-bond donors (Lipinski definition) is 0. The molecule has 16 heavy (non-hydrogen) atoms. The Morgan fingerprint density at radius 1 is 1.12 bits per heavy atom. The van der Waals surface area contributed by atoms with Gasteiger partial charge in [0.25, 0.3) is 0 Å². The Labute approximate surface area is 83.1 Å². The first-order valence-corrected chi connectivity index (χ1v) is 4.33. The highest BCUT2D eigenvalue weighted by Crippen LogP contribution is 2.45. The minimum Gasteiger partial charge on any atom is -0.664 e. The predicted octanol–water partition coefficient (Wildman–Crippen LogP) is 0.914. The molecule has 96 valence electrons. The molecule has 0 aliphatic rings. The molecule has 0 spiro atoms. The van der Waals surface area contributed by atoms with Gasteiger partial charge in [-0.05, 0) is 0 Å². The van der Waals surface area contributed by atoms with E-state index < -0.39 is 33.2 Å². The molecule has 0 N–H and O–H groups in total. The average molecular weight is 277 g/mol. The Hall–Kier alpha value is -1.04. The Bertz CT molecular complexity index is 395. The largest absolute Gasteiger partial charge is 0.664 e. The van der Waals surface area contributed by atoms with Gasteiger partial charge in [0, 0.05) is 0 Å². The van der Waals surface area contributed by atoms with Gasteiger partial charge in [0.15, 0.2) is 0 Å². The summed E-state index contributed by atoms with van der Waals surface area (Å²) in [7, 11) is -7.22. The molecule has 0 heterocycles. The van der Waals surface area contributed by atoms with Gasteiger partial charge >= 0.3 is 27.5 Å². The fraction of sp³-hybridized carbons (Fsp3) is 0.500. The molecule has 0 aliphatic heterocycles. The number of allylic oxidation sites excluding steroid dienone is 1. The molecule has 0 saturated heterocycles. The topological polar surface area (TPSA) is 66.4 Å². The van der Waals surface area contributed by atoms with E-state index in [-0.39, 0.29) is 0 Å². The molecule has 0 aromatic rings. The fourth-order valence-electron chi connectivity index (χ4n) is 0.488. The Kier molecular flexibility index (Phi) is 3.82. The van der Waals surface area contributed by atoms with Crippen LogP contribution in [0.2, 0.25) is 0 Å². The quantitative estimate of drug-likeness (QED) is 0.252. The molecule has 0 aromatic carbocycles. The predicted molar refractivity (Wildman–Crippen MR) is 30.2 cm³/mol. The summed E-state index contributed by atoms with van der Waals surface area (Å²) in [6, 6.07) is 0. The maximum absolute atomic E-state index is 12.4. The molecule has 0 unspecified atom stereocenters. The zero-order chi connectivity index (χ0) is 13.4. The second kappa shape index (κ2) is 4.08. The van der Waals surface area contributed by atoms with Crippen LogP contribution in [0.4, 0.5) is 30.2 Å². The van der Waals surface area contributed by atoms with Crippen molar-refractivity contribution in [3.05, 3.63) is 11.8 Å². The molecule has 12 heteroatoms. The molecule has 0 radical (unpaired) electrons. The minimum atomic E-state index is -7.22. The lowest BCUT2D eigenvalue weighted by Crippen LogP contribution is -2.48. The Morgan fingerprint density at radius 2 is 1.50 bits per heavy atom. The third kappa shape index (κ3) is 2.21. The number of hydrogen-bond acceptors (Lipinski definition) is 4. The monoisotopic (exact) mass is 277 g/mol. The molecule has 0 fully saturated rings. The van der Waals surface area contributed by atoms with E-state index in [4.69, 9.17) is 0 Å². The summed E-state index contributed by atoms with van der Waals surface area (Å²) in [5.41, 5.74) is 0. The van der Waals surface area contributed by atoms with Crippen molar-refractivity contribution in [1.82, 2.24) is 0 Å². The summed E-state index contributed by atoms with van der Waals surface area (Å²) in [6.45, 7) is 0. The van der Waals surface area contributed by atoms with Crippen molar-refractivity contribution in [2.75, 3.05) is 0 Å². The summed E-state index contributed by atoms with van der Waals surface area (Å²) in [6.07, 6.45) is -3.71. The van der Waals surface area contributed by atoms with E-state index in [9.17, 15) is 43.9 Å². The standard InChI is InChI=1S/C4HF7O4S/c5-2(6)1(15-12)3(7,8)4(9,10)16(11,13)14/h12H/p-1.